The highest BCUT2D eigenvalue weighted by molar-refractivity contribution is 6.42. The molecule has 2 aromatic carbocycles. The summed E-state index contributed by atoms with van der Waals surface area (Å²) in [6.45, 7) is 2.05. The number of halogens is 3. The lowest BCUT2D eigenvalue weighted by Crippen LogP contribution is -2.49. The number of benzene rings is 2. The lowest BCUT2D eigenvalue weighted by atomic mass is 10.1. The van der Waals surface area contributed by atoms with Crippen LogP contribution in [0.2, 0.25) is 15.1 Å². The number of hydrogen-bond acceptors (Lipinski definition) is 2. The van der Waals surface area contributed by atoms with Crippen molar-refractivity contribution in [3.63, 3.8) is 0 Å². The predicted molar refractivity (Wildman–Crippen MR) is 127 cm³/mol. The van der Waals surface area contributed by atoms with Crippen molar-refractivity contribution in [3.8, 4) is 0 Å². The van der Waals surface area contributed by atoms with Crippen molar-refractivity contribution in [1.82, 2.24) is 10.2 Å². The van der Waals surface area contributed by atoms with Crippen molar-refractivity contribution in [2.75, 3.05) is 0 Å². The molecule has 0 radical (unpaired) electrons. The maximum Gasteiger partial charge on any atom is 0.242 e. The first-order chi connectivity index (χ1) is 14.8. The van der Waals surface area contributed by atoms with Gasteiger partial charge >= 0.3 is 0 Å². The third-order valence-corrected chi connectivity index (χ3v) is 6.88. The number of aryl methyl sites for hydroxylation is 1. The Hall–Kier alpha value is -1.75. The van der Waals surface area contributed by atoms with Crippen molar-refractivity contribution >= 4 is 46.6 Å². The van der Waals surface area contributed by atoms with Crippen LogP contribution in [0.4, 0.5) is 0 Å². The van der Waals surface area contributed by atoms with Gasteiger partial charge in [-0.3, -0.25) is 9.59 Å². The van der Waals surface area contributed by atoms with Crippen LogP contribution in [-0.2, 0) is 22.6 Å². The summed E-state index contributed by atoms with van der Waals surface area (Å²) in [5.74, 6) is -0.238. The molecule has 1 saturated carbocycles. The Morgan fingerprint density at radius 1 is 1.03 bits per heavy atom. The molecule has 0 aromatic heterocycles. The quantitative estimate of drug-likeness (QED) is 0.498. The Morgan fingerprint density at radius 3 is 2.42 bits per heavy atom. The minimum Gasteiger partial charge on any atom is -0.352 e. The lowest BCUT2D eigenvalue weighted by Gasteiger charge is -2.30. The van der Waals surface area contributed by atoms with Gasteiger partial charge in [0.2, 0.25) is 11.8 Å². The Bertz CT molecular complexity index is 929. The minimum atomic E-state index is -0.603. The van der Waals surface area contributed by atoms with E-state index in [9.17, 15) is 9.59 Å². The predicted octanol–water partition coefficient (Wildman–Crippen LogP) is 6.06. The minimum absolute atomic E-state index is 0.111. The summed E-state index contributed by atoms with van der Waals surface area (Å²) in [4.78, 5) is 27.7. The summed E-state index contributed by atoms with van der Waals surface area (Å²) in [7, 11) is 0. The molecule has 0 spiro atoms. The molecule has 1 atom stereocenters. The summed E-state index contributed by atoms with van der Waals surface area (Å²) in [6.07, 6.45) is 5.00. The Morgan fingerprint density at radius 2 is 1.74 bits per heavy atom. The fourth-order valence-corrected chi connectivity index (χ4v) is 4.45. The first-order valence-corrected chi connectivity index (χ1v) is 11.8. The van der Waals surface area contributed by atoms with Gasteiger partial charge in [-0.15, -0.1) is 0 Å². The van der Waals surface area contributed by atoms with E-state index in [2.05, 4.69) is 5.32 Å². The molecule has 1 fully saturated rings. The molecule has 0 saturated heterocycles. The van der Waals surface area contributed by atoms with E-state index in [4.69, 9.17) is 34.8 Å². The number of amides is 2. The standard InChI is InChI=1S/C24H27Cl3N2O2/c1-16(24(31)28-19-7-3-4-8-19)29(15-17-10-12-21(26)22(27)14-17)23(30)13-11-18-6-2-5-9-20(18)25/h2,5-6,9-10,12,14,16,19H,3-4,7-8,11,13,15H2,1H3,(H,28,31)/t16-/m1/s1. The molecule has 31 heavy (non-hydrogen) atoms. The Balaban J connectivity index is 1.74. The van der Waals surface area contributed by atoms with Crippen LogP contribution in [-0.4, -0.2) is 28.8 Å². The van der Waals surface area contributed by atoms with Gasteiger partial charge < -0.3 is 10.2 Å². The van der Waals surface area contributed by atoms with Crippen LogP contribution in [0.3, 0.4) is 0 Å². The smallest absolute Gasteiger partial charge is 0.242 e. The average Bonchev–Trinajstić information content (AvgIpc) is 3.26. The zero-order valence-corrected chi connectivity index (χ0v) is 19.8. The van der Waals surface area contributed by atoms with Crippen molar-refractivity contribution in [2.45, 2.75) is 64.1 Å². The molecule has 3 rings (SSSR count). The first-order valence-electron chi connectivity index (χ1n) is 10.6. The van der Waals surface area contributed by atoms with E-state index in [1.54, 1.807) is 24.0 Å². The SMILES string of the molecule is C[C@H](C(=O)NC1CCCC1)N(Cc1ccc(Cl)c(Cl)c1)C(=O)CCc1ccccc1Cl. The average molecular weight is 482 g/mol. The number of carbonyl (C=O) groups excluding carboxylic acids is 2. The summed E-state index contributed by atoms with van der Waals surface area (Å²) < 4.78 is 0. The fraction of sp³-hybridized carbons (Fsp3) is 0.417. The number of nitrogens with one attached hydrogen (secondary N) is 1. The number of hydrogen-bond donors (Lipinski definition) is 1. The molecule has 1 N–H and O–H groups in total. The molecule has 166 valence electrons. The summed E-state index contributed by atoms with van der Waals surface area (Å²) in [5.41, 5.74) is 1.73. The van der Waals surface area contributed by atoms with Crippen molar-refractivity contribution in [2.24, 2.45) is 0 Å². The third-order valence-electron chi connectivity index (χ3n) is 5.77. The van der Waals surface area contributed by atoms with Gasteiger partial charge in [0.15, 0.2) is 0 Å². The van der Waals surface area contributed by atoms with Crippen LogP contribution >= 0.6 is 34.8 Å². The highest BCUT2D eigenvalue weighted by atomic mass is 35.5. The second-order valence-electron chi connectivity index (χ2n) is 8.03. The zero-order valence-electron chi connectivity index (χ0n) is 17.5. The Labute approximate surface area is 198 Å². The molecule has 1 aliphatic rings. The third kappa shape index (κ3) is 6.61. The Kier molecular flexibility index (Phi) is 8.65. The number of rotatable bonds is 8. The summed E-state index contributed by atoms with van der Waals surface area (Å²) >= 11 is 18.4. The molecule has 2 amide bonds. The van der Waals surface area contributed by atoms with E-state index >= 15 is 0 Å². The molecule has 2 aromatic rings. The van der Waals surface area contributed by atoms with Gasteiger partial charge in [-0.2, -0.15) is 0 Å². The lowest BCUT2D eigenvalue weighted by molar-refractivity contribution is -0.140. The normalized spacial score (nSPS) is 15.0. The van der Waals surface area contributed by atoms with Crippen LogP contribution < -0.4 is 5.32 Å². The van der Waals surface area contributed by atoms with Gasteiger partial charge in [-0.05, 0) is 55.5 Å². The molecule has 0 heterocycles. The van der Waals surface area contributed by atoms with Crippen LogP contribution in [0.1, 0.15) is 50.2 Å². The van der Waals surface area contributed by atoms with E-state index < -0.39 is 6.04 Å². The van der Waals surface area contributed by atoms with E-state index in [1.165, 1.54) is 0 Å². The van der Waals surface area contributed by atoms with Gasteiger partial charge in [-0.25, -0.2) is 0 Å². The largest absolute Gasteiger partial charge is 0.352 e. The zero-order chi connectivity index (χ0) is 22.4. The topological polar surface area (TPSA) is 49.4 Å². The maximum atomic E-state index is 13.2. The van der Waals surface area contributed by atoms with Crippen LogP contribution in [0.25, 0.3) is 0 Å². The van der Waals surface area contributed by atoms with E-state index in [0.717, 1.165) is 36.8 Å². The molecule has 4 nitrogen and oxygen atoms in total. The van der Waals surface area contributed by atoms with Gasteiger partial charge in [0.1, 0.15) is 6.04 Å². The van der Waals surface area contributed by atoms with E-state index in [-0.39, 0.29) is 30.8 Å². The van der Waals surface area contributed by atoms with Crippen LogP contribution in [0, 0.1) is 0 Å². The highest BCUT2D eigenvalue weighted by Crippen LogP contribution is 2.25. The number of carbonyl (C=O) groups is 2. The molecular weight excluding hydrogens is 455 g/mol. The van der Waals surface area contributed by atoms with Gasteiger partial charge in [-0.1, -0.05) is 71.9 Å². The highest BCUT2D eigenvalue weighted by Gasteiger charge is 2.28. The molecule has 0 aliphatic heterocycles. The fourth-order valence-electron chi connectivity index (χ4n) is 3.90. The van der Waals surface area contributed by atoms with Crippen molar-refractivity contribution in [3.05, 3.63) is 68.7 Å². The van der Waals surface area contributed by atoms with Crippen LogP contribution in [0.15, 0.2) is 42.5 Å². The monoisotopic (exact) mass is 480 g/mol. The van der Waals surface area contributed by atoms with E-state index in [0.29, 0.717) is 21.5 Å². The molecule has 0 bridgehead atoms. The van der Waals surface area contributed by atoms with Gasteiger partial charge in [0.05, 0.1) is 10.0 Å². The molecule has 1 aliphatic carbocycles. The number of nitrogens with zero attached hydrogens (tertiary/aromatic N) is 1. The molecule has 0 unspecified atom stereocenters. The molecule has 7 heteroatoms. The first kappa shape index (κ1) is 23.9. The molecular formula is C24H27Cl3N2O2. The second-order valence-corrected chi connectivity index (χ2v) is 9.25. The van der Waals surface area contributed by atoms with E-state index in [1.807, 2.05) is 30.3 Å². The summed E-state index contributed by atoms with van der Waals surface area (Å²) in [6, 6.07) is 12.3. The van der Waals surface area contributed by atoms with Gasteiger partial charge in [0, 0.05) is 24.0 Å². The van der Waals surface area contributed by atoms with Crippen molar-refractivity contribution in [1.29, 1.82) is 0 Å². The van der Waals surface area contributed by atoms with Crippen LogP contribution in [0.5, 0.6) is 0 Å². The van der Waals surface area contributed by atoms with Gasteiger partial charge in [0.25, 0.3) is 0 Å². The maximum absolute atomic E-state index is 13.2. The summed E-state index contributed by atoms with van der Waals surface area (Å²) in [5, 5.41) is 4.61. The van der Waals surface area contributed by atoms with Crippen molar-refractivity contribution < 1.29 is 9.59 Å². The second kappa shape index (κ2) is 11.2.